The van der Waals surface area contributed by atoms with E-state index in [2.05, 4.69) is 59.0 Å². The molecule has 4 rings (SSSR count). The Morgan fingerprint density at radius 2 is 1.68 bits per heavy atom. The molecule has 1 aromatic carbocycles. The van der Waals surface area contributed by atoms with Gasteiger partial charge in [-0.2, -0.15) is 0 Å². The van der Waals surface area contributed by atoms with Crippen LogP contribution in [0.4, 0.5) is 5.69 Å². The van der Waals surface area contributed by atoms with Crippen LogP contribution in [0.2, 0.25) is 0 Å². The molecule has 4 heteroatoms. The van der Waals surface area contributed by atoms with E-state index in [0.717, 1.165) is 50.6 Å². The van der Waals surface area contributed by atoms with Crippen LogP contribution in [0.5, 0.6) is 5.88 Å². The second kappa shape index (κ2) is 7.04. The van der Waals surface area contributed by atoms with E-state index in [1.54, 1.807) is 0 Å². The maximum Gasteiger partial charge on any atom is 0.213 e. The minimum absolute atomic E-state index is 0.296. The smallest absolute Gasteiger partial charge is 0.213 e. The highest BCUT2D eigenvalue weighted by Gasteiger charge is 2.23. The highest BCUT2D eigenvalue weighted by molar-refractivity contribution is 5.51. The van der Waals surface area contributed by atoms with Crippen molar-refractivity contribution in [3.63, 3.8) is 0 Å². The third kappa shape index (κ3) is 3.64. The van der Waals surface area contributed by atoms with Gasteiger partial charge in [-0.05, 0) is 43.9 Å². The third-order valence-corrected chi connectivity index (χ3v) is 5.42. The lowest BCUT2D eigenvalue weighted by Crippen LogP contribution is -2.41. The molecule has 4 nitrogen and oxygen atoms in total. The van der Waals surface area contributed by atoms with Gasteiger partial charge in [0.25, 0.3) is 0 Å². The van der Waals surface area contributed by atoms with Gasteiger partial charge in [-0.1, -0.05) is 24.3 Å². The zero-order valence-electron chi connectivity index (χ0n) is 15.2. The van der Waals surface area contributed by atoms with Crippen molar-refractivity contribution in [1.29, 1.82) is 0 Å². The summed E-state index contributed by atoms with van der Waals surface area (Å²) in [5.74, 6) is 0.753. The molecule has 2 aliphatic heterocycles. The van der Waals surface area contributed by atoms with Crippen molar-refractivity contribution in [3.05, 3.63) is 53.7 Å². The van der Waals surface area contributed by atoms with Gasteiger partial charge in [0.15, 0.2) is 0 Å². The molecule has 1 aromatic heterocycles. The minimum Gasteiger partial charge on any atom is -0.474 e. The Kier molecular flexibility index (Phi) is 4.62. The predicted octanol–water partition coefficient (Wildman–Crippen LogP) is 3.85. The number of anilines is 1. The van der Waals surface area contributed by atoms with Gasteiger partial charge in [-0.15, -0.1) is 0 Å². The number of pyridine rings is 1. The molecule has 0 N–H and O–H groups in total. The molecule has 0 unspecified atom stereocenters. The highest BCUT2D eigenvalue weighted by atomic mass is 16.5. The Hall–Kier alpha value is -2.07. The van der Waals surface area contributed by atoms with Crippen molar-refractivity contribution in [2.24, 2.45) is 0 Å². The average molecular weight is 337 g/mol. The number of hydrogen-bond acceptors (Lipinski definition) is 4. The van der Waals surface area contributed by atoms with E-state index in [1.165, 1.54) is 11.1 Å². The molecule has 2 aromatic rings. The van der Waals surface area contributed by atoms with Crippen molar-refractivity contribution < 1.29 is 4.74 Å². The average Bonchev–Trinajstić information content (AvgIpc) is 3.07. The molecule has 0 saturated carbocycles. The number of rotatable bonds is 4. The Balaban J connectivity index is 1.34. The molecule has 1 fully saturated rings. The summed E-state index contributed by atoms with van der Waals surface area (Å²) >= 11 is 0. The van der Waals surface area contributed by atoms with Gasteiger partial charge >= 0.3 is 0 Å². The van der Waals surface area contributed by atoms with E-state index >= 15 is 0 Å². The van der Waals surface area contributed by atoms with Gasteiger partial charge < -0.3 is 14.5 Å². The number of likely N-dealkylation sites (tertiary alicyclic amines) is 1. The Labute approximate surface area is 150 Å². The first-order valence-electron chi connectivity index (χ1n) is 9.37. The van der Waals surface area contributed by atoms with Crippen LogP contribution in [0.25, 0.3) is 0 Å². The number of piperidine rings is 1. The topological polar surface area (TPSA) is 28.6 Å². The van der Waals surface area contributed by atoms with Crippen LogP contribution >= 0.6 is 0 Å². The maximum atomic E-state index is 6.11. The molecule has 0 atom stereocenters. The molecule has 0 spiro atoms. The summed E-state index contributed by atoms with van der Waals surface area (Å²) in [6.45, 7) is 8.69. The summed E-state index contributed by atoms with van der Waals surface area (Å²) in [4.78, 5) is 9.44. The summed E-state index contributed by atoms with van der Waals surface area (Å²) in [6, 6.07) is 13.4. The Morgan fingerprint density at radius 3 is 2.24 bits per heavy atom. The number of benzene rings is 1. The number of fused-ring (bicyclic) bond motifs is 1. The van der Waals surface area contributed by atoms with Crippen LogP contribution in [0.3, 0.4) is 0 Å². The molecule has 0 radical (unpaired) electrons. The SMILES string of the molecule is CC(C)N1CCC(Oc2ccc(N3Cc4ccccc4C3)cn2)CC1. The second-order valence-electron chi connectivity index (χ2n) is 7.43. The first-order chi connectivity index (χ1) is 12.2. The van der Waals surface area contributed by atoms with Crippen LogP contribution < -0.4 is 9.64 Å². The van der Waals surface area contributed by atoms with Crippen LogP contribution in [0.15, 0.2) is 42.6 Å². The quantitative estimate of drug-likeness (QED) is 0.847. The molecule has 0 aliphatic carbocycles. The van der Waals surface area contributed by atoms with Crippen LogP contribution in [0.1, 0.15) is 37.8 Å². The summed E-state index contributed by atoms with van der Waals surface area (Å²) < 4.78 is 6.11. The van der Waals surface area contributed by atoms with E-state index in [-0.39, 0.29) is 0 Å². The zero-order valence-corrected chi connectivity index (χ0v) is 15.2. The van der Waals surface area contributed by atoms with Crippen LogP contribution in [-0.4, -0.2) is 35.1 Å². The number of hydrogen-bond donors (Lipinski definition) is 0. The van der Waals surface area contributed by atoms with Gasteiger partial charge in [0, 0.05) is 38.3 Å². The molecular formula is C21H27N3O. The van der Waals surface area contributed by atoms with Crippen molar-refractivity contribution in [3.8, 4) is 5.88 Å². The first-order valence-corrected chi connectivity index (χ1v) is 9.37. The Bertz CT molecular complexity index is 680. The van der Waals surface area contributed by atoms with Crippen LogP contribution in [-0.2, 0) is 13.1 Å². The first kappa shape index (κ1) is 16.4. The van der Waals surface area contributed by atoms with Crippen molar-refractivity contribution in [2.45, 2.75) is 51.9 Å². The molecule has 1 saturated heterocycles. The summed E-state index contributed by atoms with van der Waals surface area (Å²) in [5, 5.41) is 0. The van der Waals surface area contributed by atoms with Crippen molar-refractivity contribution >= 4 is 5.69 Å². The fourth-order valence-corrected chi connectivity index (χ4v) is 3.83. The highest BCUT2D eigenvalue weighted by Crippen LogP contribution is 2.28. The molecule has 132 valence electrons. The number of nitrogens with zero attached hydrogens (tertiary/aromatic N) is 3. The third-order valence-electron chi connectivity index (χ3n) is 5.42. The fourth-order valence-electron chi connectivity index (χ4n) is 3.83. The molecule has 2 aliphatic rings. The zero-order chi connectivity index (χ0) is 17.2. The Morgan fingerprint density at radius 1 is 1.00 bits per heavy atom. The monoisotopic (exact) mass is 337 g/mol. The number of ether oxygens (including phenoxy) is 1. The van der Waals surface area contributed by atoms with Gasteiger partial charge in [-0.25, -0.2) is 4.98 Å². The summed E-state index contributed by atoms with van der Waals surface area (Å²) in [5.41, 5.74) is 4.00. The normalized spacial score (nSPS) is 18.6. The van der Waals surface area contributed by atoms with Gasteiger partial charge in [0.05, 0.1) is 11.9 Å². The van der Waals surface area contributed by atoms with E-state index in [9.17, 15) is 0 Å². The van der Waals surface area contributed by atoms with Crippen molar-refractivity contribution in [2.75, 3.05) is 18.0 Å². The van der Waals surface area contributed by atoms with Gasteiger partial charge in [0.1, 0.15) is 6.10 Å². The largest absolute Gasteiger partial charge is 0.474 e. The molecule has 0 bridgehead atoms. The lowest BCUT2D eigenvalue weighted by Gasteiger charge is -2.34. The summed E-state index contributed by atoms with van der Waals surface area (Å²) in [6.07, 6.45) is 4.42. The fraction of sp³-hybridized carbons (Fsp3) is 0.476. The lowest BCUT2D eigenvalue weighted by atomic mass is 10.1. The van der Waals surface area contributed by atoms with E-state index < -0.39 is 0 Å². The standard InChI is InChI=1S/C21H27N3O/c1-16(2)23-11-9-20(10-12-23)25-21-8-7-19(13-22-21)24-14-17-5-3-4-6-18(17)15-24/h3-8,13,16,20H,9-12,14-15H2,1-2H3. The van der Waals surface area contributed by atoms with Gasteiger partial charge in [-0.3, -0.25) is 0 Å². The number of aromatic nitrogens is 1. The van der Waals surface area contributed by atoms with Crippen molar-refractivity contribution in [1.82, 2.24) is 9.88 Å². The van der Waals surface area contributed by atoms with E-state index in [1.807, 2.05) is 12.3 Å². The van der Waals surface area contributed by atoms with E-state index in [4.69, 9.17) is 4.74 Å². The van der Waals surface area contributed by atoms with Crippen LogP contribution in [0, 0.1) is 0 Å². The molecular weight excluding hydrogens is 310 g/mol. The summed E-state index contributed by atoms with van der Waals surface area (Å²) in [7, 11) is 0. The molecule has 25 heavy (non-hydrogen) atoms. The maximum absolute atomic E-state index is 6.11. The minimum atomic E-state index is 0.296. The van der Waals surface area contributed by atoms with E-state index in [0.29, 0.717) is 12.1 Å². The molecule has 3 heterocycles. The molecule has 0 amide bonds. The second-order valence-corrected chi connectivity index (χ2v) is 7.43. The predicted molar refractivity (Wildman–Crippen MR) is 101 cm³/mol. The van der Waals surface area contributed by atoms with Gasteiger partial charge in [0.2, 0.25) is 5.88 Å². The lowest BCUT2D eigenvalue weighted by molar-refractivity contribution is 0.0813.